The van der Waals surface area contributed by atoms with Gasteiger partial charge in [-0.2, -0.15) is 5.26 Å². The SMILES string of the molecule is N#CCNC(=O)C(=O)NCc1ccccc1C(=O)NC1(c2ccc(P)c(-c3cccs3)c2)CC1. The standard InChI is InChI=1S/C25H23N4O3PS/c26-11-12-27-23(31)24(32)28-15-16-4-1-2-5-18(16)22(30)29-25(9-10-25)17-7-8-20(33)19(14-17)21-6-3-13-34-21/h1-8,13-14H,9-10,12,15,33H2,(H,27,31)(H,28,32)(H,29,30). The second kappa shape index (κ2) is 10.2. The first-order valence-electron chi connectivity index (χ1n) is 10.7. The van der Waals surface area contributed by atoms with Crippen LogP contribution in [0.5, 0.6) is 0 Å². The third-order valence-electron chi connectivity index (χ3n) is 5.73. The van der Waals surface area contributed by atoms with E-state index >= 15 is 0 Å². The van der Waals surface area contributed by atoms with Gasteiger partial charge >= 0.3 is 11.8 Å². The number of nitrogens with zero attached hydrogens (tertiary/aromatic N) is 1. The van der Waals surface area contributed by atoms with E-state index in [0.717, 1.165) is 29.3 Å². The summed E-state index contributed by atoms with van der Waals surface area (Å²) in [5.74, 6) is -1.98. The predicted molar refractivity (Wildman–Crippen MR) is 134 cm³/mol. The Kier molecular flexibility index (Phi) is 7.06. The number of amides is 3. The Morgan fingerprint density at radius 2 is 1.79 bits per heavy atom. The zero-order chi connectivity index (χ0) is 24.1. The van der Waals surface area contributed by atoms with E-state index in [4.69, 9.17) is 5.26 Å². The summed E-state index contributed by atoms with van der Waals surface area (Å²) in [4.78, 5) is 38.1. The summed E-state index contributed by atoms with van der Waals surface area (Å²) in [7, 11) is 2.77. The van der Waals surface area contributed by atoms with Crippen molar-refractivity contribution in [3.8, 4) is 16.5 Å². The van der Waals surface area contributed by atoms with Crippen molar-refractivity contribution < 1.29 is 14.4 Å². The predicted octanol–water partition coefficient (Wildman–Crippen LogP) is 2.59. The molecule has 0 radical (unpaired) electrons. The number of nitriles is 1. The molecule has 1 fully saturated rings. The molecule has 1 saturated carbocycles. The molecular formula is C25H23N4O3PS. The minimum atomic E-state index is -0.889. The highest BCUT2D eigenvalue weighted by Gasteiger charge is 2.46. The van der Waals surface area contributed by atoms with E-state index < -0.39 is 17.4 Å². The van der Waals surface area contributed by atoms with Crippen molar-refractivity contribution in [2.75, 3.05) is 6.54 Å². The third-order valence-corrected chi connectivity index (χ3v) is 7.14. The Balaban J connectivity index is 1.49. The third kappa shape index (κ3) is 5.17. The second-order valence-corrected chi connectivity index (χ2v) is 9.57. The molecule has 3 aromatic rings. The zero-order valence-corrected chi connectivity index (χ0v) is 20.2. The molecule has 1 unspecified atom stereocenters. The molecule has 2 aromatic carbocycles. The van der Waals surface area contributed by atoms with E-state index in [9.17, 15) is 14.4 Å². The molecule has 172 valence electrons. The summed E-state index contributed by atoms with van der Waals surface area (Å²) in [6.45, 7) is -0.237. The van der Waals surface area contributed by atoms with Crippen molar-refractivity contribution in [3.05, 3.63) is 76.7 Å². The Hall–Kier alpha value is -3.53. The first kappa shape index (κ1) is 23.6. The van der Waals surface area contributed by atoms with Crippen molar-refractivity contribution in [1.29, 1.82) is 5.26 Å². The normalized spacial score (nSPS) is 13.4. The fourth-order valence-corrected chi connectivity index (χ4v) is 4.95. The highest BCUT2D eigenvalue weighted by Crippen LogP contribution is 2.46. The molecule has 1 heterocycles. The molecule has 4 rings (SSSR count). The molecule has 0 saturated heterocycles. The van der Waals surface area contributed by atoms with Gasteiger partial charge in [0.2, 0.25) is 0 Å². The molecule has 0 bridgehead atoms. The van der Waals surface area contributed by atoms with E-state index in [0.29, 0.717) is 11.1 Å². The van der Waals surface area contributed by atoms with E-state index in [-0.39, 0.29) is 19.0 Å². The molecule has 9 heteroatoms. The highest BCUT2D eigenvalue weighted by molar-refractivity contribution is 7.28. The van der Waals surface area contributed by atoms with E-state index in [1.54, 1.807) is 41.7 Å². The fraction of sp³-hybridized carbons (Fsp3) is 0.200. The van der Waals surface area contributed by atoms with Gasteiger partial charge < -0.3 is 16.0 Å². The first-order chi connectivity index (χ1) is 16.4. The van der Waals surface area contributed by atoms with Gasteiger partial charge in [0.1, 0.15) is 6.54 Å². The summed E-state index contributed by atoms with van der Waals surface area (Å²) in [5, 5.41) is 19.6. The average molecular weight is 491 g/mol. The van der Waals surface area contributed by atoms with Crippen LogP contribution in [0.15, 0.2) is 60.0 Å². The van der Waals surface area contributed by atoms with Crippen LogP contribution in [0.25, 0.3) is 10.4 Å². The van der Waals surface area contributed by atoms with Gasteiger partial charge in [0.15, 0.2) is 0 Å². The van der Waals surface area contributed by atoms with Gasteiger partial charge in [-0.05, 0) is 58.4 Å². The van der Waals surface area contributed by atoms with E-state index in [1.807, 2.05) is 11.4 Å². The Bertz CT molecular complexity index is 1280. The number of carbonyl (C=O) groups is 3. The lowest BCUT2D eigenvalue weighted by Crippen LogP contribution is -2.40. The minimum absolute atomic E-state index is 0.0136. The van der Waals surface area contributed by atoms with Crippen LogP contribution in [-0.2, 0) is 21.7 Å². The number of thiophene rings is 1. The van der Waals surface area contributed by atoms with Crippen LogP contribution < -0.4 is 21.3 Å². The smallest absolute Gasteiger partial charge is 0.310 e. The summed E-state index contributed by atoms with van der Waals surface area (Å²) in [6, 6.07) is 19.1. The summed E-state index contributed by atoms with van der Waals surface area (Å²) in [5.41, 5.74) is 2.81. The summed E-state index contributed by atoms with van der Waals surface area (Å²) >= 11 is 1.68. The maximum atomic E-state index is 13.3. The molecule has 1 atom stereocenters. The van der Waals surface area contributed by atoms with Gasteiger partial charge in [-0.25, -0.2) is 0 Å². The molecule has 0 spiro atoms. The number of nitrogens with one attached hydrogen (secondary N) is 3. The quantitative estimate of drug-likeness (QED) is 0.269. The van der Waals surface area contributed by atoms with Crippen LogP contribution in [0.4, 0.5) is 0 Å². The van der Waals surface area contributed by atoms with Crippen LogP contribution >= 0.6 is 20.6 Å². The molecular weight excluding hydrogens is 467 g/mol. The fourth-order valence-electron chi connectivity index (χ4n) is 3.75. The molecule has 1 aliphatic carbocycles. The lowest BCUT2D eigenvalue weighted by atomic mass is 9.99. The Morgan fingerprint density at radius 3 is 2.50 bits per heavy atom. The molecule has 34 heavy (non-hydrogen) atoms. The van der Waals surface area contributed by atoms with Crippen molar-refractivity contribution in [2.24, 2.45) is 0 Å². The molecule has 1 aromatic heterocycles. The topological polar surface area (TPSA) is 111 Å². The lowest BCUT2D eigenvalue weighted by molar-refractivity contribution is -0.139. The molecule has 3 amide bonds. The van der Waals surface area contributed by atoms with Gasteiger partial charge in [-0.15, -0.1) is 20.6 Å². The van der Waals surface area contributed by atoms with E-state index in [1.165, 1.54) is 4.88 Å². The monoisotopic (exact) mass is 490 g/mol. The maximum absolute atomic E-state index is 13.3. The van der Waals surface area contributed by atoms with Gasteiger partial charge in [-0.1, -0.05) is 36.4 Å². The zero-order valence-electron chi connectivity index (χ0n) is 18.3. The van der Waals surface area contributed by atoms with Crippen molar-refractivity contribution in [1.82, 2.24) is 16.0 Å². The van der Waals surface area contributed by atoms with Crippen molar-refractivity contribution in [3.63, 3.8) is 0 Å². The molecule has 1 aliphatic rings. The maximum Gasteiger partial charge on any atom is 0.310 e. The largest absolute Gasteiger partial charge is 0.344 e. The Morgan fingerprint density at radius 1 is 1.03 bits per heavy atom. The van der Waals surface area contributed by atoms with Gasteiger partial charge in [0.05, 0.1) is 11.6 Å². The molecule has 0 aliphatic heterocycles. The van der Waals surface area contributed by atoms with Crippen LogP contribution in [-0.4, -0.2) is 24.3 Å². The van der Waals surface area contributed by atoms with Crippen LogP contribution in [0.2, 0.25) is 0 Å². The second-order valence-electron chi connectivity index (χ2n) is 8.00. The number of carbonyl (C=O) groups excluding carboxylic acids is 3. The van der Waals surface area contributed by atoms with Crippen molar-refractivity contribution >= 4 is 43.6 Å². The number of benzene rings is 2. The number of hydrogen-bond donors (Lipinski definition) is 3. The summed E-state index contributed by atoms with van der Waals surface area (Å²) < 4.78 is 0. The minimum Gasteiger partial charge on any atom is -0.344 e. The van der Waals surface area contributed by atoms with Gasteiger partial charge in [0, 0.05) is 17.0 Å². The highest BCUT2D eigenvalue weighted by atomic mass is 32.1. The molecule has 3 N–H and O–H groups in total. The van der Waals surface area contributed by atoms with Crippen LogP contribution in [0, 0.1) is 11.3 Å². The van der Waals surface area contributed by atoms with Crippen molar-refractivity contribution in [2.45, 2.75) is 24.9 Å². The Labute approximate surface area is 203 Å². The van der Waals surface area contributed by atoms with Crippen LogP contribution in [0.3, 0.4) is 0 Å². The van der Waals surface area contributed by atoms with Crippen LogP contribution in [0.1, 0.15) is 34.3 Å². The summed E-state index contributed by atoms with van der Waals surface area (Å²) in [6.07, 6.45) is 1.69. The average Bonchev–Trinajstić information content (AvgIpc) is 3.41. The first-order valence-corrected chi connectivity index (χ1v) is 12.2. The molecule has 7 nitrogen and oxygen atoms in total. The number of rotatable bonds is 7. The van der Waals surface area contributed by atoms with Gasteiger partial charge in [0.25, 0.3) is 5.91 Å². The van der Waals surface area contributed by atoms with Gasteiger partial charge in [-0.3, -0.25) is 14.4 Å². The lowest BCUT2D eigenvalue weighted by Gasteiger charge is -2.21. The van der Waals surface area contributed by atoms with E-state index in [2.05, 4.69) is 49.5 Å². The number of hydrogen-bond acceptors (Lipinski definition) is 5.